The summed E-state index contributed by atoms with van der Waals surface area (Å²) in [6, 6.07) is 7.27. The number of hydrogen-bond donors (Lipinski definition) is 3. The first-order chi connectivity index (χ1) is 8.40. The second-order valence-electron chi connectivity index (χ2n) is 4.75. The highest BCUT2D eigenvalue weighted by atomic mass is 16.1. The highest BCUT2D eigenvalue weighted by Crippen LogP contribution is 2.25. The molecule has 1 aromatic carbocycles. The molecule has 1 heterocycles. The van der Waals surface area contributed by atoms with Crippen molar-refractivity contribution in [3.8, 4) is 0 Å². The Hall–Kier alpha value is -2.30. The lowest BCUT2D eigenvalue weighted by Gasteiger charge is -2.24. The van der Waals surface area contributed by atoms with E-state index in [9.17, 15) is 4.79 Å². The first-order valence-electron chi connectivity index (χ1n) is 5.62. The number of rotatable bonds is 3. The van der Waals surface area contributed by atoms with E-state index in [1.807, 2.05) is 12.1 Å². The Bertz CT molecular complexity index is 607. The fraction of sp³-hybridized carbons (Fsp3) is 0.231. The van der Waals surface area contributed by atoms with Gasteiger partial charge in [-0.15, -0.1) is 0 Å². The number of fused-ring (bicyclic) bond motifs is 1. The molecule has 0 spiro atoms. The maximum Gasteiger partial charge on any atom is 0.242 e. The summed E-state index contributed by atoms with van der Waals surface area (Å²) >= 11 is 0. The Balaban J connectivity index is 2.49. The second-order valence-corrected chi connectivity index (χ2v) is 4.75. The number of primary amides is 1. The van der Waals surface area contributed by atoms with Crippen LogP contribution in [0.15, 0.2) is 30.5 Å². The van der Waals surface area contributed by atoms with Gasteiger partial charge in [0.2, 0.25) is 5.91 Å². The average molecular weight is 244 g/mol. The van der Waals surface area contributed by atoms with E-state index in [1.54, 1.807) is 32.2 Å². The number of amides is 1. The van der Waals surface area contributed by atoms with Gasteiger partial charge in [-0.25, -0.2) is 0 Å². The number of pyridine rings is 1. The second kappa shape index (κ2) is 4.18. The average Bonchev–Trinajstić information content (AvgIpc) is 2.28. The molecule has 0 radical (unpaired) electrons. The van der Waals surface area contributed by atoms with Crippen molar-refractivity contribution in [3.63, 3.8) is 0 Å². The number of nitrogens with two attached hydrogens (primary N) is 2. The van der Waals surface area contributed by atoms with E-state index >= 15 is 0 Å². The van der Waals surface area contributed by atoms with E-state index in [1.165, 1.54) is 0 Å². The summed E-state index contributed by atoms with van der Waals surface area (Å²) in [7, 11) is 0. The van der Waals surface area contributed by atoms with Crippen LogP contribution in [0.2, 0.25) is 0 Å². The number of nitrogen functional groups attached to an aromatic ring is 1. The molecule has 0 bridgehead atoms. The largest absolute Gasteiger partial charge is 0.399 e. The van der Waals surface area contributed by atoms with Crippen molar-refractivity contribution in [2.75, 3.05) is 11.1 Å². The van der Waals surface area contributed by atoms with Gasteiger partial charge in [0, 0.05) is 23.0 Å². The Morgan fingerprint density at radius 1 is 1.33 bits per heavy atom. The predicted molar refractivity (Wildman–Crippen MR) is 73.1 cm³/mol. The van der Waals surface area contributed by atoms with Gasteiger partial charge in [-0.3, -0.25) is 9.78 Å². The third-order valence-corrected chi connectivity index (χ3v) is 2.83. The quantitative estimate of drug-likeness (QED) is 0.713. The normalized spacial score (nSPS) is 11.4. The molecule has 18 heavy (non-hydrogen) atoms. The fourth-order valence-electron chi connectivity index (χ4n) is 1.67. The van der Waals surface area contributed by atoms with Gasteiger partial charge < -0.3 is 16.8 Å². The summed E-state index contributed by atoms with van der Waals surface area (Å²) in [4.78, 5) is 15.6. The third kappa shape index (κ3) is 2.20. The molecule has 0 aliphatic rings. The molecule has 1 amide bonds. The zero-order valence-electron chi connectivity index (χ0n) is 10.4. The van der Waals surface area contributed by atoms with E-state index < -0.39 is 11.4 Å². The molecule has 0 saturated carbocycles. The van der Waals surface area contributed by atoms with Gasteiger partial charge in [0.15, 0.2) is 0 Å². The molecule has 0 aliphatic carbocycles. The van der Waals surface area contributed by atoms with E-state index in [0.717, 1.165) is 16.6 Å². The van der Waals surface area contributed by atoms with E-state index in [0.29, 0.717) is 5.69 Å². The molecular formula is C13H16N4O. The van der Waals surface area contributed by atoms with Crippen molar-refractivity contribution in [2.45, 2.75) is 19.4 Å². The van der Waals surface area contributed by atoms with Crippen molar-refractivity contribution in [2.24, 2.45) is 5.73 Å². The molecule has 94 valence electrons. The number of nitrogens with zero attached hydrogens (tertiary/aromatic N) is 1. The standard InChI is InChI=1S/C13H16N4O/c1-13(2,12(15)18)17-10-5-6-16-11-7-8(14)3-4-9(10)11/h3-7H,14H2,1-2H3,(H2,15,18)(H,16,17). The Kier molecular flexibility index (Phi) is 2.82. The Morgan fingerprint density at radius 2 is 2.06 bits per heavy atom. The summed E-state index contributed by atoms with van der Waals surface area (Å²) in [5.41, 5.74) is 12.5. The minimum Gasteiger partial charge on any atom is -0.399 e. The van der Waals surface area contributed by atoms with Crippen LogP contribution in [-0.4, -0.2) is 16.4 Å². The van der Waals surface area contributed by atoms with Crippen LogP contribution >= 0.6 is 0 Å². The van der Waals surface area contributed by atoms with Crippen LogP contribution in [0.3, 0.4) is 0 Å². The Morgan fingerprint density at radius 3 is 2.72 bits per heavy atom. The number of carbonyl (C=O) groups is 1. The topological polar surface area (TPSA) is 94.0 Å². The van der Waals surface area contributed by atoms with Gasteiger partial charge in [-0.05, 0) is 38.1 Å². The molecule has 5 nitrogen and oxygen atoms in total. The van der Waals surface area contributed by atoms with Gasteiger partial charge in [0.25, 0.3) is 0 Å². The number of hydrogen-bond acceptors (Lipinski definition) is 4. The lowest BCUT2D eigenvalue weighted by atomic mass is 10.0. The zero-order valence-corrected chi connectivity index (χ0v) is 10.4. The lowest BCUT2D eigenvalue weighted by Crippen LogP contribution is -2.45. The SMILES string of the molecule is CC(C)(Nc1ccnc2cc(N)ccc12)C(N)=O. The van der Waals surface area contributed by atoms with Gasteiger partial charge in [0.05, 0.1) is 5.52 Å². The zero-order chi connectivity index (χ0) is 13.3. The van der Waals surface area contributed by atoms with Crippen molar-refractivity contribution < 1.29 is 4.79 Å². The first kappa shape index (κ1) is 12.2. The van der Waals surface area contributed by atoms with Gasteiger partial charge in [0.1, 0.15) is 5.54 Å². The molecule has 1 aromatic heterocycles. The van der Waals surface area contributed by atoms with E-state index in [-0.39, 0.29) is 0 Å². The monoisotopic (exact) mass is 244 g/mol. The van der Waals surface area contributed by atoms with E-state index in [4.69, 9.17) is 11.5 Å². The molecule has 0 saturated heterocycles. The summed E-state index contributed by atoms with van der Waals surface area (Å²) in [6.07, 6.45) is 1.67. The molecule has 2 rings (SSSR count). The predicted octanol–water partition coefficient (Wildman–Crippen LogP) is 1.49. The van der Waals surface area contributed by atoms with Crippen LogP contribution in [-0.2, 0) is 4.79 Å². The lowest BCUT2D eigenvalue weighted by molar-refractivity contribution is -0.121. The van der Waals surface area contributed by atoms with Crippen LogP contribution in [0.1, 0.15) is 13.8 Å². The van der Waals surface area contributed by atoms with Gasteiger partial charge in [-0.1, -0.05) is 0 Å². The number of nitrogens with one attached hydrogen (secondary N) is 1. The first-order valence-corrected chi connectivity index (χ1v) is 5.62. The minimum absolute atomic E-state index is 0.414. The highest BCUT2D eigenvalue weighted by Gasteiger charge is 2.24. The summed E-state index contributed by atoms with van der Waals surface area (Å²) in [5.74, 6) is -0.414. The van der Waals surface area contributed by atoms with Crippen LogP contribution in [0.5, 0.6) is 0 Å². The number of aromatic nitrogens is 1. The Labute approximate surface area is 105 Å². The van der Waals surface area contributed by atoms with E-state index in [2.05, 4.69) is 10.3 Å². The fourth-order valence-corrected chi connectivity index (χ4v) is 1.67. The van der Waals surface area contributed by atoms with Crippen molar-refractivity contribution in [1.82, 2.24) is 4.98 Å². The maximum atomic E-state index is 11.3. The minimum atomic E-state index is -0.824. The number of anilines is 2. The maximum absolute atomic E-state index is 11.3. The van der Waals surface area contributed by atoms with Crippen LogP contribution in [0.4, 0.5) is 11.4 Å². The summed E-state index contributed by atoms with van der Waals surface area (Å²) in [5, 5.41) is 4.03. The molecule has 0 atom stereocenters. The van der Waals surface area contributed by atoms with Crippen molar-refractivity contribution in [3.05, 3.63) is 30.5 Å². The van der Waals surface area contributed by atoms with Gasteiger partial charge in [-0.2, -0.15) is 0 Å². The molecule has 5 heteroatoms. The molecule has 5 N–H and O–H groups in total. The third-order valence-electron chi connectivity index (χ3n) is 2.83. The summed E-state index contributed by atoms with van der Waals surface area (Å²) < 4.78 is 0. The molecule has 2 aromatic rings. The van der Waals surface area contributed by atoms with Crippen molar-refractivity contribution in [1.29, 1.82) is 0 Å². The summed E-state index contributed by atoms with van der Waals surface area (Å²) in [6.45, 7) is 3.47. The molecule has 0 unspecified atom stereocenters. The molecule has 0 fully saturated rings. The number of benzene rings is 1. The molecular weight excluding hydrogens is 228 g/mol. The number of carbonyl (C=O) groups excluding carboxylic acids is 1. The smallest absolute Gasteiger partial charge is 0.242 e. The van der Waals surface area contributed by atoms with Gasteiger partial charge >= 0.3 is 0 Å². The molecule has 0 aliphatic heterocycles. The van der Waals surface area contributed by atoms with Crippen LogP contribution in [0, 0.1) is 0 Å². The van der Waals surface area contributed by atoms with Crippen molar-refractivity contribution >= 4 is 28.2 Å². The highest BCUT2D eigenvalue weighted by molar-refractivity contribution is 5.95. The van der Waals surface area contributed by atoms with Crippen LogP contribution in [0.25, 0.3) is 10.9 Å². The van der Waals surface area contributed by atoms with Crippen LogP contribution < -0.4 is 16.8 Å².